The van der Waals surface area contributed by atoms with E-state index in [-0.39, 0.29) is 40.6 Å². The van der Waals surface area contributed by atoms with Gasteiger partial charge < -0.3 is 29.6 Å². The van der Waals surface area contributed by atoms with E-state index in [1.165, 1.54) is 25.2 Å². The molecule has 216 valence electrons. The van der Waals surface area contributed by atoms with Crippen LogP contribution in [0.15, 0.2) is 35.0 Å². The summed E-state index contributed by atoms with van der Waals surface area (Å²) in [5.74, 6) is -0.980. The van der Waals surface area contributed by atoms with Crippen LogP contribution in [0, 0.1) is 5.92 Å². The summed E-state index contributed by atoms with van der Waals surface area (Å²) in [6.45, 7) is 4.20. The van der Waals surface area contributed by atoms with Crippen molar-refractivity contribution in [2.45, 2.75) is 44.6 Å². The van der Waals surface area contributed by atoms with Crippen LogP contribution in [0.2, 0.25) is 5.02 Å². The maximum Gasteiger partial charge on any atom is 0.294 e. The van der Waals surface area contributed by atoms with E-state index < -0.39 is 5.91 Å². The number of pyridine rings is 2. The lowest BCUT2D eigenvalue weighted by Crippen LogP contribution is -2.40. The van der Waals surface area contributed by atoms with E-state index in [1.54, 1.807) is 23.1 Å². The lowest BCUT2D eigenvalue weighted by Gasteiger charge is -2.33. The number of rotatable bonds is 6. The molecule has 6 rings (SSSR count). The molecule has 2 aliphatic heterocycles. The number of hydrogen-bond donors (Lipinski definition) is 2. The molecule has 0 aromatic carbocycles. The molecule has 0 unspecified atom stereocenters. The van der Waals surface area contributed by atoms with Crippen LogP contribution in [0.3, 0.4) is 0 Å². The summed E-state index contributed by atoms with van der Waals surface area (Å²) in [4.78, 5) is 52.7. The van der Waals surface area contributed by atoms with Gasteiger partial charge in [-0.2, -0.15) is 0 Å². The van der Waals surface area contributed by atoms with E-state index in [0.717, 1.165) is 38.8 Å². The highest BCUT2D eigenvalue weighted by Crippen LogP contribution is 2.34. The summed E-state index contributed by atoms with van der Waals surface area (Å²) in [5.41, 5.74) is 1.05. The average molecular weight is 581 g/mol. The quantitative estimate of drug-likeness (QED) is 0.444. The Bertz CT molecular complexity index is 1420. The molecular formula is C29H33ClN6O5. The van der Waals surface area contributed by atoms with Gasteiger partial charge in [-0.05, 0) is 69.8 Å². The molecule has 0 spiro atoms. The number of anilines is 2. The summed E-state index contributed by atoms with van der Waals surface area (Å²) >= 11 is 5.93. The van der Waals surface area contributed by atoms with Crippen LogP contribution in [0.25, 0.3) is 11.1 Å². The first kappa shape index (κ1) is 27.6. The van der Waals surface area contributed by atoms with Gasteiger partial charge in [0, 0.05) is 37.4 Å². The number of morpholine rings is 1. The minimum absolute atomic E-state index is 0.112. The second-order valence-corrected chi connectivity index (χ2v) is 11.3. The predicted molar refractivity (Wildman–Crippen MR) is 153 cm³/mol. The van der Waals surface area contributed by atoms with Gasteiger partial charge in [0.1, 0.15) is 17.0 Å². The zero-order valence-electron chi connectivity index (χ0n) is 22.7. The van der Waals surface area contributed by atoms with E-state index in [1.807, 2.05) is 0 Å². The summed E-state index contributed by atoms with van der Waals surface area (Å²) in [6.07, 6.45) is 8.89. The lowest BCUT2D eigenvalue weighted by molar-refractivity contribution is -0.121. The van der Waals surface area contributed by atoms with Gasteiger partial charge >= 0.3 is 0 Å². The zero-order chi connectivity index (χ0) is 28.3. The van der Waals surface area contributed by atoms with Crippen LogP contribution in [0.1, 0.15) is 59.4 Å². The van der Waals surface area contributed by atoms with E-state index >= 15 is 0 Å². The number of ether oxygens (including phenoxy) is 1. The molecule has 3 aromatic rings. The summed E-state index contributed by atoms with van der Waals surface area (Å²) in [7, 11) is 0. The monoisotopic (exact) mass is 580 g/mol. The second kappa shape index (κ2) is 12.1. The predicted octanol–water partition coefficient (Wildman–Crippen LogP) is 4.19. The maximum atomic E-state index is 13.5. The Morgan fingerprint density at radius 2 is 1.68 bits per heavy atom. The molecule has 11 nitrogen and oxygen atoms in total. The number of nitrogens with one attached hydrogen (secondary N) is 2. The van der Waals surface area contributed by atoms with Crippen molar-refractivity contribution in [3.63, 3.8) is 0 Å². The van der Waals surface area contributed by atoms with Gasteiger partial charge in [-0.1, -0.05) is 11.6 Å². The van der Waals surface area contributed by atoms with Gasteiger partial charge in [0.15, 0.2) is 5.58 Å². The molecule has 1 saturated carbocycles. The average Bonchev–Trinajstić information content (AvgIpc) is 3.67. The fraction of sp³-hybridized carbons (Fsp3) is 0.483. The van der Waals surface area contributed by atoms with Crippen LogP contribution in [-0.4, -0.2) is 82.9 Å². The Morgan fingerprint density at radius 1 is 0.927 bits per heavy atom. The number of carbonyl (C=O) groups excluding carboxylic acids is 3. The molecule has 1 aliphatic carbocycles. The summed E-state index contributed by atoms with van der Waals surface area (Å²) in [6, 6.07) is 5.27. The molecule has 0 bridgehead atoms. The van der Waals surface area contributed by atoms with Gasteiger partial charge in [0.2, 0.25) is 11.7 Å². The zero-order valence-corrected chi connectivity index (χ0v) is 23.5. The Labute approximate surface area is 242 Å². The Hall–Kier alpha value is -3.54. The fourth-order valence-corrected chi connectivity index (χ4v) is 6.09. The van der Waals surface area contributed by atoms with Crippen molar-refractivity contribution in [1.82, 2.24) is 19.8 Å². The van der Waals surface area contributed by atoms with E-state index in [4.69, 9.17) is 20.8 Å². The van der Waals surface area contributed by atoms with Crippen molar-refractivity contribution in [2.24, 2.45) is 5.92 Å². The molecule has 0 atom stereocenters. The molecule has 5 heterocycles. The molecule has 2 saturated heterocycles. The number of hydrogen-bond acceptors (Lipinski definition) is 8. The lowest BCUT2D eigenvalue weighted by atomic mass is 9.85. The topological polar surface area (TPSA) is 130 Å². The minimum atomic E-state index is -0.605. The van der Waals surface area contributed by atoms with E-state index in [0.29, 0.717) is 48.4 Å². The van der Waals surface area contributed by atoms with Crippen LogP contribution in [-0.2, 0) is 9.53 Å². The summed E-state index contributed by atoms with van der Waals surface area (Å²) in [5, 5.41) is 6.07. The number of likely N-dealkylation sites (tertiary alicyclic amines) is 1. The first-order valence-corrected chi connectivity index (χ1v) is 14.6. The molecule has 3 aromatic heterocycles. The number of nitrogens with zero attached hydrogens (tertiary/aromatic N) is 4. The highest BCUT2D eigenvalue weighted by molar-refractivity contribution is 6.30. The van der Waals surface area contributed by atoms with Gasteiger partial charge in [0.25, 0.3) is 11.8 Å². The smallest absolute Gasteiger partial charge is 0.294 e. The molecule has 3 amide bonds. The van der Waals surface area contributed by atoms with Gasteiger partial charge in [-0.25, -0.2) is 9.97 Å². The molecule has 2 N–H and O–H groups in total. The van der Waals surface area contributed by atoms with Crippen LogP contribution in [0.4, 0.5) is 11.5 Å². The maximum absolute atomic E-state index is 13.5. The van der Waals surface area contributed by atoms with E-state index in [2.05, 4.69) is 25.5 Å². The Kier molecular flexibility index (Phi) is 8.18. The highest BCUT2D eigenvalue weighted by Gasteiger charge is 2.33. The van der Waals surface area contributed by atoms with Crippen LogP contribution < -0.4 is 10.6 Å². The van der Waals surface area contributed by atoms with Crippen molar-refractivity contribution in [3.05, 3.63) is 46.9 Å². The number of amides is 3. The third-order valence-electron chi connectivity index (χ3n) is 8.22. The fourth-order valence-electron chi connectivity index (χ4n) is 5.98. The minimum Gasteiger partial charge on any atom is -0.447 e. The largest absolute Gasteiger partial charge is 0.447 e. The van der Waals surface area contributed by atoms with Crippen molar-refractivity contribution in [3.8, 4) is 0 Å². The second-order valence-electron chi connectivity index (χ2n) is 10.8. The van der Waals surface area contributed by atoms with Crippen molar-refractivity contribution >= 4 is 51.9 Å². The third kappa shape index (κ3) is 6.07. The van der Waals surface area contributed by atoms with Crippen molar-refractivity contribution < 1.29 is 23.5 Å². The molecule has 0 radical (unpaired) electrons. The standard InChI is InChI=1S/C29H33ClN6O5/c30-20-5-8-23(31-17-20)33-28(38)26-25(34-27(37)18-3-6-21(7-4-18)35-9-1-2-10-35)24-22(41-26)15-19(16-32-24)29(39)36-11-13-40-14-12-36/h5,8,15-18,21H,1-4,6-7,9-14H2,(H,34,37)(H,31,33,38)/t18-,21-. The van der Waals surface area contributed by atoms with E-state index in [9.17, 15) is 14.4 Å². The molecule has 41 heavy (non-hydrogen) atoms. The highest BCUT2D eigenvalue weighted by atomic mass is 35.5. The summed E-state index contributed by atoms with van der Waals surface area (Å²) < 4.78 is 11.3. The Morgan fingerprint density at radius 3 is 2.39 bits per heavy atom. The molecule has 12 heteroatoms. The van der Waals surface area contributed by atoms with Gasteiger partial charge in [-0.3, -0.25) is 14.4 Å². The number of fused-ring (bicyclic) bond motifs is 1. The first-order valence-electron chi connectivity index (χ1n) is 14.2. The number of furan rings is 1. The normalized spacial score (nSPS) is 21.6. The van der Waals surface area contributed by atoms with Gasteiger partial charge in [0.05, 0.1) is 23.8 Å². The number of carbonyl (C=O) groups is 3. The first-order chi connectivity index (χ1) is 20.0. The van der Waals surface area contributed by atoms with Crippen molar-refractivity contribution in [2.75, 3.05) is 50.0 Å². The van der Waals surface area contributed by atoms with Crippen molar-refractivity contribution in [1.29, 1.82) is 0 Å². The number of halogens is 1. The van der Waals surface area contributed by atoms with Crippen LogP contribution in [0.5, 0.6) is 0 Å². The van der Waals surface area contributed by atoms with Gasteiger partial charge in [-0.15, -0.1) is 0 Å². The molecule has 3 fully saturated rings. The SMILES string of the molecule is O=C(Nc1ccc(Cl)cn1)c1oc2cc(C(=O)N3CCOCC3)cnc2c1NC(=O)[C@H]1CC[C@H](N2CCCC2)CC1. The third-order valence-corrected chi connectivity index (χ3v) is 8.45. The van der Waals surface area contributed by atoms with Crippen LogP contribution >= 0.6 is 11.6 Å². The Balaban J connectivity index is 1.25. The molecule has 3 aliphatic rings. The molecular weight excluding hydrogens is 548 g/mol. The number of aromatic nitrogens is 2.